The Morgan fingerprint density at radius 3 is 2.54 bits per heavy atom. The maximum atomic E-state index is 12.9. The van der Waals surface area contributed by atoms with E-state index < -0.39 is 12.6 Å². The summed E-state index contributed by atoms with van der Waals surface area (Å²) in [6.45, 7) is -0.849. The first-order chi connectivity index (χ1) is 11.5. The maximum Gasteiger partial charge on any atom is 0.342 e. The second-order valence-corrected chi connectivity index (χ2v) is 4.82. The van der Waals surface area contributed by atoms with Crippen LogP contribution in [-0.4, -0.2) is 31.5 Å². The molecule has 1 N–H and O–H groups in total. The quantitative estimate of drug-likeness (QED) is 0.644. The van der Waals surface area contributed by atoms with Gasteiger partial charge in [0.25, 0.3) is 0 Å². The van der Waals surface area contributed by atoms with Crippen molar-refractivity contribution in [3.63, 3.8) is 0 Å². The number of ether oxygens (including phenoxy) is 2. The summed E-state index contributed by atoms with van der Waals surface area (Å²) in [6, 6.07) is 8.44. The van der Waals surface area contributed by atoms with Crippen molar-refractivity contribution in [1.82, 2.24) is 0 Å². The van der Waals surface area contributed by atoms with Crippen LogP contribution in [0, 0.1) is 5.82 Å². The second kappa shape index (κ2) is 8.10. The lowest BCUT2D eigenvalue weighted by Crippen LogP contribution is -2.06. The third kappa shape index (κ3) is 4.32. The number of carbonyl (C=O) groups excluding carboxylic acids is 1. The molecular weight excluding hydrogens is 318 g/mol. The molecule has 0 fully saturated rings. The number of hydrogen-bond donors (Lipinski definition) is 1. The van der Waals surface area contributed by atoms with Gasteiger partial charge >= 0.3 is 5.97 Å². The highest BCUT2D eigenvalue weighted by molar-refractivity contribution is 5.98. The largest absolute Gasteiger partial charge is 0.507 e. The minimum atomic E-state index is -0.719. The van der Waals surface area contributed by atoms with Gasteiger partial charge in [-0.05, 0) is 29.3 Å². The van der Waals surface area contributed by atoms with Gasteiger partial charge in [-0.25, -0.2) is 13.6 Å². The van der Waals surface area contributed by atoms with E-state index in [9.17, 15) is 18.7 Å². The van der Waals surface area contributed by atoms with Crippen LogP contribution in [0.25, 0.3) is 12.2 Å². The Morgan fingerprint density at radius 1 is 1.21 bits per heavy atom. The lowest BCUT2D eigenvalue weighted by molar-refractivity contribution is 0.0597. The average Bonchev–Trinajstić information content (AvgIpc) is 2.58. The van der Waals surface area contributed by atoms with Crippen LogP contribution in [0.4, 0.5) is 8.78 Å². The fourth-order valence-electron chi connectivity index (χ4n) is 2.08. The van der Waals surface area contributed by atoms with E-state index in [4.69, 9.17) is 4.74 Å². The predicted octanol–water partition coefficient (Wildman–Crippen LogP) is 3.84. The Labute approximate surface area is 138 Å². The minimum Gasteiger partial charge on any atom is -0.507 e. The molecule has 0 aliphatic heterocycles. The molecule has 2 rings (SSSR count). The van der Waals surface area contributed by atoms with Crippen LogP contribution in [0.15, 0.2) is 36.4 Å². The van der Waals surface area contributed by atoms with Gasteiger partial charge in [-0.2, -0.15) is 0 Å². The third-order valence-electron chi connectivity index (χ3n) is 3.18. The zero-order valence-corrected chi connectivity index (χ0v) is 13.0. The van der Waals surface area contributed by atoms with Gasteiger partial charge in [0.15, 0.2) is 0 Å². The van der Waals surface area contributed by atoms with Crippen molar-refractivity contribution < 1.29 is 28.2 Å². The standard InChI is InChI=1S/C18H16F2O4/c1-23-18(22)17-13(5-2-12-3-6-14(20)7-4-12)10-15(11-16(17)21)24-9-8-19/h2-7,10-11,21H,8-9H2,1H3/b5-2+. The fraction of sp³-hybridized carbons (Fsp3) is 0.167. The molecule has 0 spiro atoms. The minimum absolute atomic E-state index is 0.0385. The van der Waals surface area contributed by atoms with E-state index in [1.54, 1.807) is 24.3 Å². The van der Waals surface area contributed by atoms with Crippen LogP contribution < -0.4 is 4.74 Å². The molecule has 126 valence electrons. The summed E-state index contributed by atoms with van der Waals surface area (Å²) >= 11 is 0. The number of halogens is 2. The van der Waals surface area contributed by atoms with Crippen molar-refractivity contribution in [2.24, 2.45) is 0 Å². The Kier molecular flexibility index (Phi) is 5.89. The van der Waals surface area contributed by atoms with Crippen molar-refractivity contribution in [2.45, 2.75) is 0 Å². The van der Waals surface area contributed by atoms with Gasteiger partial charge in [-0.1, -0.05) is 24.3 Å². The summed E-state index contributed by atoms with van der Waals surface area (Å²) in [5, 5.41) is 10.0. The fourth-order valence-corrected chi connectivity index (χ4v) is 2.08. The van der Waals surface area contributed by atoms with Crippen molar-refractivity contribution in [2.75, 3.05) is 20.4 Å². The average molecular weight is 334 g/mol. The maximum absolute atomic E-state index is 12.9. The molecule has 24 heavy (non-hydrogen) atoms. The normalized spacial score (nSPS) is 10.8. The Morgan fingerprint density at radius 2 is 1.92 bits per heavy atom. The lowest BCUT2D eigenvalue weighted by atomic mass is 10.0. The van der Waals surface area contributed by atoms with Gasteiger partial charge in [0.2, 0.25) is 0 Å². The van der Waals surface area contributed by atoms with E-state index in [-0.39, 0.29) is 29.5 Å². The van der Waals surface area contributed by atoms with Crippen LogP contribution in [-0.2, 0) is 4.74 Å². The summed E-state index contributed by atoms with van der Waals surface area (Å²) < 4.78 is 35.0. The summed E-state index contributed by atoms with van der Waals surface area (Å²) in [5.74, 6) is -1.20. The number of phenolic OH excluding ortho intramolecular Hbond substituents is 1. The highest BCUT2D eigenvalue weighted by Gasteiger charge is 2.17. The lowest BCUT2D eigenvalue weighted by Gasteiger charge is -2.11. The van der Waals surface area contributed by atoms with E-state index in [1.807, 2.05) is 0 Å². The van der Waals surface area contributed by atoms with Gasteiger partial charge in [-0.15, -0.1) is 0 Å². The third-order valence-corrected chi connectivity index (χ3v) is 3.18. The zero-order valence-electron chi connectivity index (χ0n) is 13.0. The van der Waals surface area contributed by atoms with E-state index in [2.05, 4.69) is 4.74 Å². The van der Waals surface area contributed by atoms with E-state index in [0.717, 1.165) is 0 Å². The summed E-state index contributed by atoms with van der Waals surface area (Å²) in [7, 11) is 1.20. The molecule has 2 aromatic rings. The number of esters is 1. The summed E-state index contributed by atoms with van der Waals surface area (Å²) in [6.07, 6.45) is 3.20. The molecule has 4 nitrogen and oxygen atoms in total. The van der Waals surface area contributed by atoms with Gasteiger partial charge in [0.05, 0.1) is 7.11 Å². The molecule has 0 heterocycles. The summed E-state index contributed by atoms with van der Waals surface area (Å²) in [4.78, 5) is 11.9. The molecule has 0 atom stereocenters. The van der Waals surface area contributed by atoms with Crippen LogP contribution in [0.3, 0.4) is 0 Å². The molecule has 0 bridgehead atoms. The highest BCUT2D eigenvalue weighted by atomic mass is 19.1. The predicted molar refractivity (Wildman–Crippen MR) is 86.2 cm³/mol. The number of phenols is 1. The molecule has 0 aliphatic carbocycles. The first-order valence-electron chi connectivity index (χ1n) is 7.13. The molecule has 0 radical (unpaired) electrons. The molecule has 0 amide bonds. The van der Waals surface area contributed by atoms with Crippen molar-refractivity contribution in [1.29, 1.82) is 0 Å². The number of methoxy groups -OCH3 is 1. The van der Waals surface area contributed by atoms with Crippen LogP contribution in [0.2, 0.25) is 0 Å². The van der Waals surface area contributed by atoms with Gasteiger partial charge < -0.3 is 14.6 Å². The van der Waals surface area contributed by atoms with Crippen LogP contribution in [0.5, 0.6) is 11.5 Å². The first-order valence-corrected chi connectivity index (χ1v) is 7.13. The molecule has 0 aromatic heterocycles. The Hall–Kier alpha value is -2.89. The van der Waals surface area contributed by atoms with Crippen LogP contribution >= 0.6 is 0 Å². The van der Waals surface area contributed by atoms with E-state index >= 15 is 0 Å². The molecule has 0 aliphatic rings. The number of alkyl halides is 1. The van der Waals surface area contributed by atoms with Crippen molar-refractivity contribution >= 4 is 18.1 Å². The Balaban J connectivity index is 2.41. The smallest absolute Gasteiger partial charge is 0.342 e. The molecule has 0 saturated heterocycles. The molecule has 2 aromatic carbocycles. The highest BCUT2D eigenvalue weighted by Crippen LogP contribution is 2.30. The second-order valence-electron chi connectivity index (χ2n) is 4.82. The summed E-state index contributed by atoms with van der Waals surface area (Å²) in [5.41, 5.74) is 0.991. The number of carbonyl (C=O) groups is 1. The topological polar surface area (TPSA) is 55.8 Å². The number of rotatable bonds is 6. The van der Waals surface area contributed by atoms with Crippen molar-refractivity contribution in [3.05, 3.63) is 58.9 Å². The van der Waals surface area contributed by atoms with Gasteiger partial charge in [-0.3, -0.25) is 0 Å². The molecule has 0 saturated carbocycles. The van der Waals surface area contributed by atoms with Crippen LogP contribution in [0.1, 0.15) is 21.5 Å². The number of hydrogen-bond acceptors (Lipinski definition) is 4. The molecule has 6 heteroatoms. The first kappa shape index (κ1) is 17.5. The van der Waals surface area contributed by atoms with Gasteiger partial charge in [0.1, 0.15) is 36.2 Å². The van der Waals surface area contributed by atoms with Gasteiger partial charge in [0, 0.05) is 6.07 Å². The SMILES string of the molecule is COC(=O)c1c(O)cc(OCCF)cc1/C=C/c1ccc(F)cc1. The monoisotopic (exact) mass is 334 g/mol. The van der Waals surface area contributed by atoms with Crippen molar-refractivity contribution in [3.8, 4) is 11.5 Å². The molecule has 0 unspecified atom stereocenters. The molecular formula is C18H16F2O4. The number of benzene rings is 2. The van der Waals surface area contributed by atoms with E-state index in [0.29, 0.717) is 11.1 Å². The Bertz CT molecular complexity index is 739. The zero-order chi connectivity index (χ0) is 17.5. The number of aromatic hydroxyl groups is 1. The van der Waals surface area contributed by atoms with E-state index in [1.165, 1.54) is 31.4 Å².